The van der Waals surface area contributed by atoms with Gasteiger partial charge in [-0.15, -0.1) is 0 Å². The van der Waals surface area contributed by atoms with Crippen molar-refractivity contribution in [3.05, 3.63) is 46.3 Å². The van der Waals surface area contributed by atoms with E-state index in [2.05, 4.69) is 0 Å². The van der Waals surface area contributed by atoms with E-state index in [0.717, 1.165) is 16.4 Å². The molecule has 1 aromatic carbocycles. The fourth-order valence-corrected chi connectivity index (χ4v) is 4.13. The number of carbonyl (C=O) groups is 1. The van der Waals surface area contributed by atoms with Gasteiger partial charge in [0.1, 0.15) is 5.60 Å². The monoisotopic (exact) mass is 397 g/mol. The molecule has 10 heteroatoms. The number of nitro groups is 1. The van der Waals surface area contributed by atoms with Crippen LogP contribution in [0.2, 0.25) is 0 Å². The Hall–Kier alpha value is -2.62. The van der Waals surface area contributed by atoms with Gasteiger partial charge in [0.2, 0.25) is 0 Å². The van der Waals surface area contributed by atoms with Crippen molar-refractivity contribution in [2.75, 3.05) is 6.54 Å². The number of non-ortho nitro benzene ring substituents is 1. The fourth-order valence-electron chi connectivity index (χ4n) is 2.57. The molecule has 1 aliphatic rings. The first-order valence-corrected chi connectivity index (χ1v) is 9.74. The molecule has 148 valence electrons. The number of nitro benzene ring substituents is 1. The highest BCUT2D eigenvalue weighted by atomic mass is 32.2. The highest BCUT2D eigenvalue weighted by Crippen LogP contribution is 2.27. The number of amides is 1. The van der Waals surface area contributed by atoms with E-state index in [1.165, 1.54) is 23.2 Å². The Morgan fingerprint density at radius 1 is 1.26 bits per heavy atom. The molecule has 0 saturated carbocycles. The molecule has 27 heavy (non-hydrogen) atoms. The number of allylic oxidation sites excluding steroid dienone is 1. The van der Waals surface area contributed by atoms with Crippen LogP contribution in [0.25, 0.3) is 0 Å². The second-order valence-corrected chi connectivity index (χ2v) is 9.14. The molecule has 0 bridgehead atoms. The lowest BCUT2D eigenvalue weighted by Gasteiger charge is -2.38. The minimum atomic E-state index is -3.92. The zero-order valence-corrected chi connectivity index (χ0v) is 16.7. The van der Waals surface area contributed by atoms with Crippen LogP contribution in [0.4, 0.5) is 10.5 Å². The SMILES string of the molecule is CC1=CN(S(=O)(=O)c2ccc([N+](=O)[O-])cc2)C(C)CN1C(=O)OC(C)(C)C. The third kappa shape index (κ3) is 4.57. The standard InChI is InChI=1S/C17H23N3O6S/c1-12-11-19(13(2)10-18(12)16(21)26-17(3,4)5)27(24,25)15-8-6-14(7-9-15)20(22)23/h6-9,11,13H,10H2,1-5H3. The molecule has 0 N–H and O–H groups in total. The molecule has 0 radical (unpaired) electrons. The van der Waals surface area contributed by atoms with Gasteiger partial charge in [-0.25, -0.2) is 13.2 Å². The van der Waals surface area contributed by atoms with E-state index in [4.69, 9.17) is 4.74 Å². The van der Waals surface area contributed by atoms with Crippen LogP contribution in [0.3, 0.4) is 0 Å². The molecule has 1 heterocycles. The smallest absolute Gasteiger partial charge is 0.414 e. The van der Waals surface area contributed by atoms with Crippen molar-refractivity contribution < 1.29 is 22.9 Å². The maximum atomic E-state index is 12.9. The molecule has 0 aromatic heterocycles. The number of sulfonamides is 1. The van der Waals surface area contributed by atoms with Gasteiger partial charge in [0.15, 0.2) is 0 Å². The predicted octanol–water partition coefficient (Wildman–Crippen LogP) is 3.09. The van der Waals surface area contributed by atoms with E-state index in [-0.39, 0.29) is 17.1 Å². The van der Waals surface area contributed by atoms with Gasteiger partial charge in [-0.1, -0.05) is 0 Å². The van der Waals surface area contributed by atoms with E-state index < -0.39 is 32.7 Å². The summed E-state index contributed by atoms with van der Waals surface area (Å²) >= 11 is 0. The van der Waals surface area contributed by atoms with E-state index >= 15 is 0 Å². The van der Waals surface area contributed by atoms with Crippen LogP contribution in [0.15, 0.2) is 41.1 Å². The number of benzene rings is 1. The van der Waals surface area contributed by atoms with Crippen molar-refractivity contribution in [2.24, 2.45) is 0 Å². The summed E-state index contributed by atoms with van der Waals surface area (Å²) in [6, 6.07) is 4.14. The van der Waals surface area contributed by atoms with Gasteiger partial charge >= 0.3 is 6.09 Å². The summed E-state index contributed by atoms with van der Waals surface area (Å²) in [7, 11) is -3.92. The molecule has 1 aliphatic heterocycles. The summed E-state index contributed by atoms with van der Waals surface area (Å²) in [5.41, 5.74) is -0.431. The van der Waals surface area contributed by atoms with Crippen molar-refractivity contribution in [3.63, 3.8) is 0 Å². The quantitative estimate of drug-likeness (QED) is 0.572. The summed E-state index contributed by atoms with van der Waals surface area (Å²) in [6.07, 6.45) is 0.824. The highest BCUT2D eigenvalue weighted by molar-refractivity contribution is 7.89. The summed E-state index contributed by atoms with van der Waals surface area (Å²) < 4.78 is 32.3. The van der Waals surface area contributed by atoms with E-state index in [1.54, 1.807) is 34.6 Å². The van der Waals surface area contributed by atoms with Gasteiger partial charge < -0.3 is 4.74 Å². The Morgan fingerprint density at radius 3 is 2.30 bits per heavy atom. The van der Waals surface area contributed by atoms with Crippen molar-refractivity contribution in [1.82, 2.24) is 9.21 Å². The van der Waals surface area contributed by atoms with E-state index in [0.29, 0.717) is 5.70 Å². The average molecular weight is 397 g/mol. The van der Waals surface area contributed by atoms with Crippen LogP contribution in [-0.4, -0.2) is 46.8 Å². The van der Waals surface area contributed by atoms with Crippen molar-refractivity contribution >= 4 is 21.8 Å². The van der Waals surface area contributed by atoms with Gasteiger partial charge in [-0.05, 0) is 46.8 Å². The Labute approximate surface area is 158 Å². The van der Waals surface area contributed by atoms with Gasteiger partial charge in [0.25, 0.3) is 15.7 Å². The molecule has 0 fully saturated rings. The number of rotatable bonds is 3. The summed E-state index contributed by atoms with van der Waals surface area (Å²) in [5, 5.41) is 10.7. The molecule has 0 spiro atoms. The molecule has 1 aromatic rings. The third-order valence-electron chi connectivity index (χ3n) is 3.86. The van der Waals surface area contributed by atoms with Crippen molar-refractivity contribution in [1.29, 1.82) is 0 Å². The summed E-state index contributed by atoms with van der Waals surface area (Å²) in [5.74, 6) is 0. The lowest BCUT2D eigenvalue weighted by atomic mass is 10.2. The van der Waals surface area contributed by atoms with Crippen LogP contribution < -0.4 is 0 Å². The first-order valence-electron chi connectivity index (χ1n) is 8.30. The Bertz CT molecular complexity index is 871. The predicted molar refractivity (Wildman–Crippen MR) is 98.3 cm³/mol. The topological polar surface area (TPSA) is 110 Å². The number of hydrogen-bond acceptors (Lipinski definition) is 6. The summed E-state index contributed by atoms with van der Waals surface area (Å²) in [4.78, 5) is 23.8. The molecule has 2 rings (SSSR count). The molecule has 0 saturated heterocycles. The van der Waals surface area contributed by atoms with Gasteiger partial charge in [0, 0.05) is 24.0 Å². The van der Waals surface area contributed by atoms with Gasteiger partial charge in [-0.2, -0.15) is 0 Å². The Morgan fingerprint density at radius 2 is 1.81 bits per heavy atom. The van der Waals surface area contributed by atoms with Crippen LogP contribution >= 0.6 is 0 Å². The maximum Gasteiger partial charge on any atom is 0.414 e. The second kappa shape index (κ2) is 7.18. The molecule has 1 atom stereocenters. The van der Waals surface area contributed by atoms with E-state index in [9.17, 15) is 23.3 Å². The maximum absolute atomic E-state index is 12.9. The largest absolute Gasteiger partial charge is 0.443 e. The van der Waals surface area contributed by atoms with Crippen molar-refractivity contribution in [3.8, 4) is 0 Å². The normalized spacial score (nSPS) is 18.1. The van der Waals surface area contributed by atoms with Crippen LogP contribution in [0.1, 0.15) is 34.6 Å². The minimum absolute atomic E-state index is 0.0604. The van der Waals surface area contributed by atoms with Crippen LogP contribution in [-0.2, 0) is 14.8 Å². The first kappa shape index (κ1) is 20.7. The first-order chi connectivity index (χ1) is 12.3. The molecule has 9 nitrogen and oxygen atoms in total. The minimum Gasteiger partial charge on any atom is -0.443 e. The second-order valence-electron chi connectivity index (χ2n) is 7.30. The number of nitrogens with zero attached hydrogens (tertiary/aromatic N) is 3. The van der Waals surface area contributed by atoms with Gasteiger partial charge in [-0.3, -0.25) is 19.3 Å². The Kier molecular flexibility index (Phi) is 5.50. The zero-order chi connectivity index (χ0) is 20.6. The fraction of sp³-hybridized carbons (Fsp3) is 0.471. The lowest BCUT2D eigenvalue weighted by molar-refractivity contribution is -0.384. The third-order valence-corrected chi connectivity index (χ3v) is 5.75. The number of ether oxygens (including phenoxy) is 1. The van der Waals surface area contributed by atoms with Crippen LogP contribution in [0, 0.1) is 10.1 Å². The van der Waals surface area contributed by atoms with Crippen LogP contribution in [0.5, 0.6) is 0 Å². The highest BCUT2D eigenvalue weighted by Gasteiger charge is 2.35. The molecular weight excluding hydrogens is 374 g/mol. The lowest BCUT2D eigenvalue weighted by Crippen LogP contribution is -2.49. The van der Waals surface area contributed by atoms with Crippen molar-refractivity contribution in [2.45, 2.75) is 51.2 Å². The van der Waals surface area contributed by atoms with Gasteiger partial charge in [0.05, 0.1) is 22.4 Å². The number of carbonyl (C=O) groups excluding carboxylic acids is 1. The summed E-state index contributed by atoms with van der Waals surface area (Å²) in [6.45, 7) is 8.68. The number of hydrogen-bond donors (Lipinski definition) is 0. The average Bonchev–Trinajstić information content (AvgIpc) is 2.54. The molecule has 1 amide bonds. The zero-order valence-electron chi connectivity index (χ0n) is 15.9. The molecule has 1 unspecified atom stereocenters. The Balaban J connectivity index is 2.31. The van der Waals surface area contributed by atoms with E-state index in [1.807, 2.05) is 0 Å². The molecule has 0 aliphatic carbocycles. The molecular formula is C17H23N3O6S.